The van der Waals surface area contributed by atoms with Crippen molar-refractivity contribution in [3.63, 3.8) is 0 Å². The van der Waals surface area contributed by atoms with Crippen LogP contribution in [0, 0.1) is 11.3 Å². The van der Waals surface area contributed by atoms with Crippen LogP contribution in [0.4, 0.5) is 5.69 Å². The molecule has 3 rings (SSSR count). The van der Waals surface area contributed by atoms with Gasteiger partial charge in [0.1, 0.15) is 11.8 Å². The second-order valence-corrected chi connectivity index (χ2v) is 6.73. The molecule has 25 heavy (non-hydrogen) atoms. The normalized spacial score (nSPS) is 11.0. The number of thiazole rings is 1. The largest absolute Gasteiger partial charge is 0.497 e. The molecule has 0 saturated carbocycles. The number of anilines is 1. The number of hydrogen-bond donors (Lipinski definition) is 1. The fraction of sp³-hybridized carbons (Fsp3) is 0.0556. The highest BCUT2D eigenvalue weighted by molar-refractivity contribution is 9.10. The van der Waals surface area contributed by atoms with Gasteiger partial charge in [-0.25, -0.2) is 4.98 Å². The van der Waals surface area contributed by atoms with Crippen molar-refractivity contribution < 1.29 is 4.74 Å². The third-order valence-electron chi connectivity index (χ3n) is 3.34. The fourth-order valence-electron chi connectivity index (χ4n) is 2.04. The second-order valence-electron chi connectivity index (χ2n) is 4.96. The Morgan fingerprint density at radius 2 is 1.92 bits per heavy atom. The van der Waals surface area contributed by atoms with Crippen LogP contribution in [-0.4, -0.2) is 17.8 Å². The van der Waals surface area contributed by atoms with Gasteiger partial charge in [0.25, 0.3) is 0 Å². The third-order valence-corrected chi connectivity index (χ3v) is 4.72. The Kier molecular flexibility index (Phi) is 5.43. The van der Waals surface area contributed by atoms with E-state index in [2.05, 4.69) is 37.5 Å². The highest BCUT2D eigenvalue weighted by atomic mass is 79.9. The Morgan fingerprint density at radius 1 is 1.20 bits per heavy atom. The van der Waals surface area contributed by atoms with Gasteiger partial charge in [-0.1, -0.05) is 15.9 Å². The average Bonchev–Trinajstić information content (AvgIpc) is 3.14. The van der Waals surface area contributed by atoms with Gasteiger partial charge >= 0.3 is 0 Å². The summed E-state index contributed by atoms with van der Waals surface area (Å²) in [5, 5.41) is 16.0. The maximum atomic E-state index is 9.37. The predicted octanol–water partition coefficient (Wildman–Crippen LogP) is 4.92. The SMILES string of the molecule is COc1ccc(-c2csc(C(C#N)=NNc3ccc(Br)cc3)n2)cc1. The summed E-state index contributed by atoms with van der Waals surface area (Å²) in [6.07, 6.45) is 0. The van der Waals surface area contributed by atoms with E-state index >= 15 is 0 Å². The molecule has 2 aromatic carbocycles. The van der Waals surface area contributed by atoms with Crippen molar-refractivity contribution in [2.45, 2.75) is 0 Å². The summed E-state index contributed by atoms with van der Waals surface area (Å²) in [5.74, 6) is 0.789. The molecule has 0 bridgehead atoms. The average molecular weight is 413 g/mol. The van der Waals surface area contributed by atoms with E-state index in [9.17, 15) is 5.26 Å². The zero-order valence-electron chi connectivity index (χ0n) is 13.2. The molecule has 0 saturated heterocycles. The number of hydrogen-bond acceptors (Lipinski definition) is 6. The maximum Gasteiger partial charge on any atom is 0.196 e. The van der Waals surface area contributed by atoms with Gasteiger partial charge in [0.05, 0.1) is 18.5 Å². The highest BCUT2D eigenvalue weighted by Gasteiger charge is 2.10. The molecule has 0 fully saturated rings. The van der Waals surface area contributed by atoms with Crippen LogP contribution in [0.15, 0.2) is 63.5 Å². The molecule has 124 valence electrons. The topological polar surface area (TPSA) is 70.3 Å². The molecular weight excluding hydrogens is 400 g/mol. The summed E-state index contributed by atoms with van der Waals surface area (Å²) in [6, 6.07) is 17.2. The van der Waals surface area contributed by atoms with Gasteiger partial charge in [-0.2, -0.15) is 10.4 Å². The monoisotopic (exact) mass is 412 g/mol. The standard InChI is InChI=1S/C18H13BrN4OS/c1-24-15-8-2-12(3-9-15)17-11-25-18(21-17)16(10-20)23-22-14-6-4-13(19)5-7-14/h2-9,11,22H,1H3. The van der Waals surface area contributed by atoms with Crippen molar-refractivity contribution in [3.05, 3.63) is 63.4 Å². The molecule has 0 spiro atoms. The van der Waals surface area contributed by atoms with Gasteiger partial charge in [0.2, 0.25) is 0 Å². The zero-order valence-corrected chi connectivity index (χ0v) is 15.6. The van der Waals surface area contributed by atoms with E-state index in [4.69, 9.17) is 4.74 Å². The van der Waals surface area contributed by atoms with Crippen molar-refractivity contribution in [3.8, 4) is 23.1 Å². The van der Waals surface area contributed by atoms with Crippen LogP contribution in [0.3, 0.4) is 0 Å². The summed E-state index contributed by atoms with van der Waals surface area (Å²) in [5.41, 5.74) is 5.68. The number of nitrogens with one attached hydrogen (secondary N) is 1. The van der Waals surface area contributed by atoms with Crippen molar-refractivity contribution in [2.24, 2.45) is 5.10 Å². The lowest BCUT2D eigenvalue weighted by molar-refractivity contribution is 0.415. The van der Waals surface area contributed by atoms with Crippen LogP contribution >= 0.6 is 27.3 Å². The molecule has 0 amide bonds. The molecule has 0 aliphatic rings. The van der Waals surface area contributed by atoms with Crippen LogP contribution in [0.1, 0.15) is 5.01 Å². The van der Waals surface area contributed by atoms with Crippen molar-refractivity contribution in [2.75, 3.05) is 12.5 Å². The number of ether oxygens (including phenoxy) is 1. The lowest BCUT2D eigenvalue weighted by atomic mass is 10.2. The van der Waals surface area contributed by atoms with Crippen LogP contribution in [0.25, 0.3) is 11.3 Å². The Labute approximate surface area is 157 Å². The molecule has 0 aliphatic carbocycles. The van der Waals surface area contributed by atoms with Crippen LogP contribution in [-0.2, 0) is 0 Å². The summed E-state index contributed by atoms with van der Waals surface area (Å²) in [6.45, 7) is 0. The first-order valence-electron chi connectivity index (χ1n) is 7.29. The number of benzene rings is 2. The lowest BCUT2D eigenvalue weighted by Crippen LogP contribution is -2.01. The number of aromatic nitrogens is 1. The molecule has 0 unspecified atom stereocenters. The Morgan fingerprint density at radius 3 is 2.56 bits per heavy atom. The summed E-state index contributed by atoms with van der Waals surface area (Å²) >= 11 is 4.76. The number of hydrazone groups is 1. The number of halogens is 1. The molecule has 7 heteroatoms. The van der Waals surface area contributed by atoms with E-state index in [-0.39, 0.29) is 5.71 Å². The minimum atomic E-state index is 0.243. The van der Waals surface area contributed by atoms with Gasteiger partial charge in [0, 0.05) is 15.4 Å². The van der Waals surface area contributed by atoms with Gasteiger partial charge < -0.3 is 4.74 Å². The number of methoxy groups -OCH3 is 1. The zero-order chi connectivity index (χ0) is 17.6. The van der Waals surface area contributed by atoms with Crippen LogP contribution in [0.5, 0.6) is 5.75 Å². The van der Waals surface area contributed by atoms with E-state index in [0.717, 1.165) is 27.2 Å². The number of nitrogens with zero attached hydrogens (tertiary/aromatic N) is 3. The smallest absolute Gasteiger partial charge is 0.196 e. The van der Waals surface area contributed by atoms with Gasteiger partial charge in [-0.05, 0) is 48.5 Å². The molecule has 3 aromatic rings. The molecule has 0 aliphatic heterocycles. The van der Waals surface area contributed by atoms with E-state index in [1.807, 2.05) is 53.9 Å². The highest BCUT2D eigenvalue weighted by Crippen LogP contribution is 2.24. The van der Waals surface area contributed by atoms with Gasteiger partial charge in [-0.15, -0.1) is 11.3 Å². The first-order chi connectivity index (χ1) is 12.2. The summed E-state index contributed by atoms with van der Waals surface area (Å²) < 4.78 is 6.13. The van der Waals surface area contributed by atoms with Gasteiger partial charge in [0.15, 0.2) is 10.7 Å². The second kappa shape index (κ2) is 7.92. The van der Waals surface area contributed by atoms with Gasteiger partial charge in [-0.3, -0.25) is 5.43 Å². The van der Waals surface area contributed by atoms with Crippen molar-refractivity contribution in [1.29, 1.82) is 5.26 Å². The fourth-order valence-corrected chi connectivity index (χ4v) is 3.07. The maximum absolute atomic E-state index is 9.37. The Hall–Kier alpha value is -2.69. The van der Waals surface area contributed by atoms with Crippen molar-refractivity contribution in [1.82, 2.24) is 4.98 Å². The lowest BCUT2D eigenvalue weighted by Gasteiger charge is -2.01. The minimum Gasteiger partial charge on any atom is -0.497 e. The van der Waals surface area contributed by atoms with E-state index in [1.165, 1.54) is 11.3 Å². The summed E-state index contributed by atoms with van der Waals surface area (Å²) in [7, 11) is 1.63. The predicted molar refractivity (Wildman–Crippen MR) is 104 cm³/mol. The quantitative estimate of drug-likeness (QED) is 0.476. The number of rotatable bonds is 5. The van der Waals surface area contributed by atoms with Crippen molar-refractivity contribution >= 4 is 38.7 Å². The van der Waals surface area contributed by atoms with E-state index < -0.39 is 0 Å². The van der Waals surface area contributed by atoms with Crippen LogP contribution in [0.2, 0.25) is 0 Å². The van der Waals surface area contributed by atoms with E-state index in [0.29, 0.717) is 5.01 Å². The number of nitriles is 1. The van der Waals surface area contributed by atoms with E-state index in [1.54, 1.807) is 7.11 Å². The first kappa shape index (κ1) is 17.1. The first-order valence-corrected chi connectivity index (χ1v) is 8.96. The molecule has 1 aromatic heterocycles. The van der Waals surface area contributed by atoms with Crippen LogP contribution < -0.4 is 10.2 Å². The molecule has 0 radical (unpaired) electrons. The molecule has 0 atom stereocenters. The molecular formula is C18H13BrN4OS. The Balaban J connectivity index is 1.79. The molecule has 1 heterocycles. The minimum absolute atomic E-state index is 0.243. The molecule has 5 nitrogen and oxygen atoms in total. The Bertz CT molecular complexity index is 927. The third kappa shape index (κ3) is 4.24. The summed E-state index contributed by atoms with van der Waals surface area (Å²) in [4.78, 5) is 4.51. The molecule has 1 N–H and O–H groups in total.